The van der Waals surface area contributed by atoms with E-state index in [9.17, 15) is 24.4 Å². The molecule has 0 aliphatic heterocycles. The lowest BCUT2D eigenvalue weighted by molar-refractivity contribution is -0.385. The number of aliphatic hydroxyl groups is 1. The summed E-state index contributed by atoms with van der Waals surface area (Å²) in [5.41, 5.74) is -0.0167. The molecule has 1 heterocycles. The second-order valence-electron chi connectivity index (χ2n) is 6.02. The third-order valence-corrected chi connectivity index (χ3v) is 4.19. The molecule has 0 spiro atoms. The summed E-state index contributed by atoms with van der Waals surface area (Å²) in [4.78, 5) is 24.7. The van der Waals surface area contributed by atoms with Crippen molar-refractivity contribution in [2.75, 3.05) is 6.54 Å². The normalized spacial score (nSPS) is 15.0. The number of aromatic nitrogens is 2. The van der Waals surface area contributed by atoms with E-state index in [4.69, 9.17) is 0 Å². The first kappa shape index (κ1) is 17.0. The fourth-order valence-corrected chi connectivity index (χ4v) is 2.70. The van der Waals surface area contributed by atoms with Crippen LogP contribution in [0.4, 0.5) is 10.1 Å². The van der Waals surface area contributed by atoms with E-state index in [-0.39, 0.29) is 24.0 Å². The van der Waals surface area contributed by atoms with Gasteiger partial charge in [-0.05, 0) is 30.5 Å². The quantitative estimate of drug-likeness (QED) is 0.634. The minimum Gasteiger partial charge on any atom is -0.387 e. The minimum absolute atomic E-state index is 0.0303. The molecule has 1 saturated carbocycles. The van der Waals surface area contributed by atoms with Gasteiger partial charge >= 0.3 is 5.69 Å². The number of nitrogens with zero attached hydrogens (tertiary/aromatic N) is 4. The summed E-state index contributed by atoms with van der Waals surface area (Å²) in [6, 6.07) is 5.28. The van der Waals surface area contributed by atoms with Crippen molar-refractivity contribution in [1.82, 2.24) is 14.7 Å². The second-order valence-corrected chi connectivity index (χ2v) is 6.02. The first-order valence-corrected chi connectivity index (χ1v) is 7.79. The van der Waals surface area contributed by atoms with Crippen LogP contribution in [0.2, 0.25) is 0 Å². The zero-order chi connectivity index (χ0) is 18.1. The molecule has 1 amide bonds. The van der Waals surface area contributed by atoms with Crippen molar-refractivity contribution in [2.24, 2.45) is 7.05 Å². The van der Waals surface area contributed by atoms with Gasteiger partial charge in [0.15, 0.2) is 0 Å². The molecule has 8 nitrogen and oxygen atoms in total. The highest BCUT2D eigenvalue weighted by atomic mass is 19.1. The lowest BCUT2D eigenvalue weighted by Gasteiger charge is -2.25. The maximum Gasteiger partial charge on any atom is 0.320 e. The maximum atomic E-state index is 13.0. The van der Waals surface area contributed by atoms with Crippen molar-refractivity contribution in [1.29, 1.82) is 0 Å². The van der Waals surface area contributed by atoms with Crippen LogP contribution in [-0.2, 0) is 7.05 Å². The molecule has 0 saturated heterocycles. The fraction of sp³-hybridized carbons (Fsp3) is 0.375. The van der Waals surface area contributed by atoms with Gasteiger partial charge in [-0.25, -0.2) is 4.39 Å². The van der Waals surface area contributed by atoms with Gasteiger partial charge in [0.05, 0.1) is 17.6 Å². The Morgan fingerprint density at radius 3 is 2.68 bits per heavy atom. The van der Waals surface area contributed by atoms with Crippen molar-refractivity contribution >= 4 is 11.6 Å². The fourth-order valence-electron chi connectivity index (χ4n) is 2.70. The molecule has 0 radical (unpaired) electrons. The highest BCUT2D eigenvalue weighted by Crippen LogP contribution is 2.32. The molecule has 1 atom stereocenters. The predicted octanol–water partition coefficient (Wildman–Crippen LogP) is 1.81. The Morgan fingerprint density at radius 1 is 1.48 bits per heavy atom. The topological polar surface area (TPSA) is 102 Å². The van der Waals surface area contributed by atoms with E-state index in [1.165, 1.54) is 40.9 Å². The number of aliphatic hydroxyl groups excluding tert-OH is 1. The molecule has 1 N–H and O–H groups in total. The van der Waals surface area contributed by atoms with Crippen molar-refractivity contribution in [3.63, 3.8) is 0 Å². The summed E-state index contributed by atoms with van der Waals surface area (Å²) in [7, 11) is 1.46. The summed E-state index contributed by atoms with van der Waals surface area (Å²) in [6.45, 7) is -0.0303. The van der Waals surface area contributed by atoms with Crippen LogP contribution >= 0.6 is 0 Å². The molecule has 1 aromatic carbocycles. The van der Waals surface area contributed by atoms with Crippen molar-refractivity contribution in [2.45, 2.75) is 25.0 Å². The molecule has 25 heavy (non-hydrogen) atoms. The SMILES string of the molecule is Cn1ncc([N+](=O)[O-])c1C(=O)N(CC(O)c1ccc(F)cc1)C1CC1. The molecule has 2 aromatic rings. The van der Waals surface area contributed by atoms with Crippen LogP contribution in [0.1, 0.15) is 35.0 Å². The van der Waals surface area contributed by atoms with Gasteiger partial charge in [0.25, 0.3) is 5.91 Å². The molecule has 3 rings (SSSR count). The van der Waals surface area contributed by atoms with Crippen LogP contribution in [0.3, 0.4) is 0 Å². The zero-order valence-corrected chi connectivity index (χ0v) is 13.5. The van der Waals surface area contributed by atoms with E-state index in [1.54, 1.807) is 0 Å². The number of halogens is 1. The molecule has 1 unspecified atom stereocenters. The minimum atomic E-state index is -1.02. The predicted molar refractivity (Wildman–Crippen MR) is 85.3 cm³/mol. The van der Waals surface area contributed by atoms with E-state index >= 15 is 0 Å². The van der Waals surface area contributed by atoms with Crippen LogP contribution in [0.25, 0.3) is 0 Å². The van der Waals surface area contributed by atoms with Gasteiger partial charge in [0.2, 0.25) is 5.69 Å². The molecule has 1 aliphatic rings. The number of carbonyl (C=O) groups excluding carboxylic acids is 1. The largest absolute Gasteiger partial charge is 0.387 e. The van der Waals surface area contributed by atoms with E-state index < -0.39 is 22.8 Å². The van der Waals surface area contributed by atoms with Crippen LogP contribution in [0, 0.1) is 15.9 Å². The van der Waals surface area contributed by atoms with Gasteiger partial charge in [-0.2, -0.15) is 5.10 Å². The van der Waals surface area contributed by atoms with Crippen molar-refractivity contribution in [3.8, 4) is 0 Å². The van der Waals surface area contributed by atoms with E-state index in [0.29, 0.717) is 5.56 Å². The van der Waals surface area contributed by atoms with Gasteiger partial charge in [0, 0.05) is 13.1 Å². The molecule has 1 aliphatic carbocycles. The summed E-state index contributed by atoms with van der Waals surface area (Å²) < 4.78 is 14.2. The monoisotopic (exact) mass is 348 g/mol. The van der Waals surface area contributed by atoms with E-state index in [2.05, 4.69) is 5.10 Å². The van der Waals surface area contributed by atoms with E-state index in [0.717, 1.165) is 19.0 Å². The van der Waals surface area contributed by atoms with Gasteiger partial charge in [0.1, 0.15) is 12.0 Å². The standard InChI is InChI=1S/C16H17FN4O4/c1-19-15(13(8-18-19)21(24)25)16(23)20(12-6-7-12)9-14(22)10-2-4-11(17)5-3-10/h2-5,8,12,14,22H,6-7,9H2,1H3. The summed E-state index contributed by atoms with van der Waals surface area (Å²) in [5.74, 6) is -0.966. The van der Waals surface area contributed by atoms with Crippen LogP contribution in [0.5, 0.6) is 0 Å². The lowest BCUT2D eigenvalue weighted by Crippen LogP contribution is -2.38. The molecular weight excluding hydrogens is 331 g/mol. The number of benzene rings is 1. The molecule has 1 fully saturated rings. The first-order chi connectivity index (χ1) is 11.9. The highest BCUT2D eigenvalue weighted by Gasteiger charge is 2.38. The number of aryl methyl sites for hydroxylation is 1. The molecular formula is C16H17FN4O4. The first-order valence-electron chi connectivity index (χ1n) is 7.79. The van der Waals surface area contributed by atoms with Gasteiger partial charge in [-0.3, -0.25) is 19.6 Å². The van der Waals surface area contributed by atoms with E-state index in [1.807, 2.05) is 0 Å². The van der Waals surface area contributed by atoms with Crippen molar-refractivity contribution < 1.29 is 19.2 Å². The molecule has 9 heteroatoms. The lowest BCUT2D eigenvalue weighted by atomic mass is 10.1. The Morgan fingerprint density at radius 2 is 2.12 bits per heavy atom. The third-order valence-electron chi connectivity index (χ3n) is 4.19. The molecule has 132 valence electrons. The number of rotatable bonds is 6. The maximum absolute atomic E-state index is 13.0. The van der Waals surface area contributed by atoms with Gasteiger partial charge in [-0.1, -0.05) is 12.1 Å². The summed E-state index contributed by atoms with van der Waals surface area (Å²) in [6.07, 6.45) is 1.56. The number of carbonyl (C=O) groups is 1. The average molecular weight is 348 g/mol. The zero-order valence-electron chi connectivity index (χ0n) is 13.5. The molecule has 1 aromatic heterocycles. The van der Waals surface area contributed by atoms with Crippen LogP contribution in [-0.4, -0.2) is 43.2 Å². The Balaban J connectivity index is 1.84. The average Bonchev–Trinajstić information content (AvgIpc) is 3.34. The van der Waals surface area contributed by atoms with Gasteiger partial charge < -0.3 is 10.0 Å². The number of hydrogen-bond acceptors (Lipinski definition) is 5. The van der Waals surface area contributed by atoms with Gasteiger partial charge in [-0.15, -0.1) is 0 Å². The molecule has 0 bridgehead atoms. The smallest absolute Gasteiger partial charge is 0.320 e. The Bertz CT molecular complexity index is 801. The number of amides is 1. The van der Waals surface area contributed by atoms with Crippen LogP contribution < -0.4 is 0 Å². The second kappa shape index (κ2) is 6.60. The highest BCUT2D eigenvalue weighted by molar-refractivity contribution is 5.96. The summed E-state index contributed by atoms with van der Waals surface area (Å²) in [5, 5.41) is 25.3. The third kappa shape index (κ3) is 3.50. The Hall–Kier alpha value is -2.81. The van der Waals surface area contributed by atoms with Crippen molar-refractivity contribution in [3.05, 3.63) is 57.7 Å². The number of hydrogen-bond donors (Lipinski definition) is 1. The Kier molecular flexibility index (Phi) is 4.49. The summed E-state index contributed by atoms with van der Waals surface area (Å²) >= 11 is 0. The number of nitro groups is 1. The van der Waals surface area contributed by atoms with Crippen LogP contribution in [0.15, 0.2) is 30.5 Å². The Labute approximate surface area is 142 Å².